The highest BCUT2D eigenvalue weighted by atomic mass is 32.2. The average Bonchev–Trinajstić information content (AvgIpc) is 3.08. The predicted molar refractivity (Wildman–Crippen MR) is 78.6 cm³/mol. The van der Waals surface area contributed by atoms with E-state index in [0.717, 1.165) is 17.8 Å². The normalized spacial score (nSPS) is 11.5. The van der Waals surface area contributed by atoms with Crippen LogP contribution in [0.1, 0.15) is 5.69 Å². The quantitative estimate of drug-likeness (QED) is 0.590. The number of halogens is 2. The topological polar surface area (TPSA) is 58.9 Å². The number of H-pyrrole nitrogens is 1. The molecule has 3 heterocycles. The standard InChI is InChI=1S/C14H9F2N5S/c15-9-4-11-12(5-10(9)16)20-14(19-11)22-7-8-6-21-3-1-2-17-13(21)18-8/h1-6H,7H2,(H,19,20). The van der Waals surface area contributed by atoms with E-state index in [9.17, 15) is 8.78 Å². The highest BCUT2D eigenvalue weighted by molar-refractivity contribution is 7.98. The van der Waals surface area contributed by atoms with Crippen LogP contribution in [0.2, 0.25) is 0 Å². The third-order valence-electron chi connectivity index (χ3n) is 3.14. The van der Waals surface area contributed by atoms with Crippen molar-refractivity contribution in [1.82, 2.24) is 24.3 Å². The molecule has 3 aromatic heterocycles. The molecular formula is C14H9F2N5S. The molecule has 22 heavy (non-hydrogen) atoms. The number of hydrogen-bond acceptors (Lipinski definition) is 4. The van der Waals surface area contributed by atoms with Gasteiger partial charge in [0.25, 0.3) is 0 Å². The third-order valence-corrected chi connectivity index (χ3v) is 4.05. The predicted octanol–water partition coefficient (Wildman–Crippen LogP) is 3.18. The van der Waals surface area contributed by atoms with Gasteiger partial charge in [-0.15, -0.1) is 0 Å². The third kappa shape index (κ3) is 2.31. The Morgan fingerprint density at radius 2 is 2.05 bits per heavy atom. The van der Waals surface area contributed by atoms with E-state index >= 15 is 0 Å². The maximum Gasteiger partial charge on any atom is 0.233 e. The van der Waals surface area contributed by atoms with Crippen LogP contribution < -0.4 is 0 Å². The first-order chi connectivity index (χ1) is 10.7. The van der Waals surface area contributed by atoms with Gasteiger partial charge in [0.2, 0.25) is 5.78 Å². The summed E-state index contributed by atoms with van der Waals surface area (Å²) in [6, 6.07) is 4.02. The molecule has 0 spiro atoms. The van der Waals surface area contributed by atoms with Gasteiger partial charge in [0, 0.05) is 36.5 Å². The van der Waals surface area contributed by atoms with E-state index in [1.807, 2.05) is 22.9 Å². The molecule has 0 aliphatic heterocycles. The number of aromatic nitrogens is 5. The zero-order chi connectivity index (χ0) is 15.1. The molecule has 0 aliphatic rings. The molecule has 0 saturated heterocycles. The molecule has 0 saturated carbocycles. The lowest BCUT2D eigenvalue weighted by Gasteiger charge is -1.92. The summed E-state index contributed by atoms with van der Waals surface area (Å²) in [7, 11) is 0. The number of thioether (sulfide) groups is 1. The van der Waals surface area contributed by atoms with Crippen LogP contribution in [0.3, 0.4) is 0 Å². The fourth-order valence-corrected chi connectivity index (χ4v) is 2.91. The molecule has 0 fully saturated rings. The first-order valence-corrected chi connectivity index (χ1v) is 7.44. The largest absolute Gasteiger partial charge is 0.333 e. The number of rotatable bonds is 3. The van der Waals surface area contributed by atoms with Gasteiger partial charge in [0.1, 0.15) is 0 Å². The zero-order valence-corrected chi connectivity index (χ0v) is 11.9. The number of aromatic amines is 1. The summed E-state index contributed by atoms with van der Waals surface area (Å²) in [6.07, 6.45) is 5.44. The van der Waals surface area contributed by atoms with Crippen molar-refractivity contribution in [2.75, 3.05) is 0 Å². The van der Waals surface area contributed by atoms with Crippen LogP contribution in [0.15, 0.2) is 41.9 Å². The fraction of sp³-hybridized carbons (Fsp3) is 0.0714. The van der Waals surface area contributed by atoms with Crippen LogP contribution >= 0.6 is 11.8 Å². The molecule has 8 heteroatoms. The Balaban J connectivity index is 1.58. The molecule has 0 amide bonds. The van der Waals surface area contributed by atoms with Crippen LogP contribution in [0, 0.1) is 11.6 Å². The van der Waals surface area contributed by atoms with Crippen molar-refractivity contribution < 1.29 is 8.78 Å². The van der Waals surface area contributed by atoms with Crippen molar-refractivity contribution >= 4 is 28.6 Å². The molecule has 1 aromatic carbocycles. The Labute approximate surface area is 127 Å². The summed E-state index contributed by atoms with van der Waals surface area (Å²) in [6.45, 7) is 0. The first-order valence-electron chi connectivity index (χ1n) is 6.45. The van der Waals surface area contributed by atoms with Gasteiger partial charge < -0.3 is 4.98 Å². The number of imidazole rings is 2. The maximum absolute atomic E-state index is 13.2. The van der Waals surface area contributed by atoms with Crippen LogP contribution in [0.5, 0.6) is 0 Å². The van der Waals surface area contributed by atoms with Crippen molar-refractivity contribution in [3.05, 3.63) is 54.1 Å². The molecule has 4 aromatic rings. The highest BCUT2D eigenvalue weighted by Gasteiger charge is 2.10. The van der Waals surface area contributed by atoms with Crippen LogP contribution in [-0.4, -0.2) is 24.3 Å². The minimum atomic E-state index is -0.901. The fourth-order valence-electron chi connectivity index (χ4n) is 2.14. The van der Waals surface area contributed by atoms with E-state index in [-0.39, 0.29) is 0 Å². The minimum absolute atomic E-state index is 0.401. The van der Waals surface area contributed by atoms with Gasteiger partial charge in [-0.05, 0) is 6.07 Å². The van der Waals surface area contributed by atoms with Gasteiger partial charge in [0.15, 0.2) is 16.8 Å². The maximum atomic E-state index is 13.2. The first kappa shape index (κ1) is 13.2. The van der Waals surface area contributed by atoms with Crippen LogP contribution in [0.4, 0.5) is 8.78 Å². The Bertz CT molecular complexity index is 906. The van der Waals surface area contributed by atoms with Gasteiger partial charge >= 0.3 is 0 Å². The van der Waals surface area contributed by atoms with E-state index in [2.05, 4.69) is 19.9 Å². The summed E-state index contributed by atoms with van der Waals surface area (Å²) < 4.78 is 28.2. The number of nitrogens with one attached hydrogen (secondary N) is 1. The smallest absolute Gasteiger partial charge is 0.233 e. The van der Waals surface area contributed by atoms with E-state index in [1.54, 1.807) is 6.20 Å². The molecule has 110 valence electrons. The van der Waals surface area contributed by atoms with Crippen molar-refractivity contribution in [2.45, 2.75) is 10.9 Å². The Hall–Kier alpha value is -2.48. The van der Waals surface area contributed by atoms with E-state index < -0.39 is 11.6 Å². The van der Waals surface area contributed by atoms with Crippen molar-refractivity contribution in [2.24, 2.45) is 0 Å². The van der Waals surface area contributed by atoms with Crippen LogP contribution in [0.25, 0.3) is 16.8 Å². The van der Waals surface area contributed by atoms with Gasteiger partial charge in [-0.2, -0.15) is 0 Å². The molecule has 0 atom stereocenters. The lowest BCUT2D eigenvalue weighted by Crippen LogP contribution is -1.83. The second-order valence-corrected chi connectivity index (χ2v) is 5.64. The summed E-state index contributed by atoms with van der Waals surface area (Å²) in [4.78, 5) is 15.7. The number of benzene rings is 1. The van der Waals surface area contributed by atoms with Crippen molar-refractivity contribution in [3.63, 3.8) is 0 Å². The molecule has 1 N–H and O–H groups in total. The van der Waals surface area contributed by atoms with Crippen molar-refractivity contribution in [3.8, 4) is 0 Å². The Kier molecular flexibility index (Phi) is 3.04. The summed E-state index contributed by atoms with van der Waals surface area (Å²) in [5.41, 5.74) is 1.72. The van der Waals surface area contributed by atoms with Gasteiger partial charge in [-0.1, -0.05) is 11.8 Å². The number of fused-ring (bicyclic) bond motifs is 2. The highest BCUT2D eigenvalue weighted by Crippen LogP contribution is 2.24. The summed E-state index contributed by atoms with van der Waals surface area (Å²) >= 11 is 1.41. The van der Waals surface area contributed by atoms with E-state index in [1.165, 1.54) is 11.8 Å². The second-order valence-electron chi connectivity index (χ2n) is 4.67. The molecule has 0 unspecified atom stereocenters. The van der Waals surface area contributed by atoms with Crippen LogP contribution in [-0.2, 0) is 5.75 Å². The molecule has 0 aliphatic carbocycles. The average molecular weight is 317 g/mol. The molecule has 4 rings (SSSR count). The van der Waals surface area contributed by atoms with Crippen molar-refractivity contribution in [1.29, 1.82) is 0 Å². The van der Waals surface area contributed by atoms with Gasteiger partial charge in [-0.25, -0.2) is 23.7 Å². The van der Waals surface area contributed by atoms with E-state index in [0.29, 0.717) is 27.7 Å². The molecule has 0 bridgehead atoms. The molecule has 0 radical (unpaired) electrons. The minimum Gasteiger partial charge on any atom is -0.333 e. The second kappa shape index (κ2) is 5.06. The lowest BCUT2D eigenvalue weighted by molar-refractivity contribution is 0.510. The summed E-state index contributed by atoms with van der Waals surface area (Å²) in [5, 5.41) is 0.588. The monoisotopic (exact) mass is 317 g/mol. The zero-order valence-electron chi connectivity index (χ0n) is 11.1. The Morgan fingerprint density at radius 3 is 2.91 bits per heavy atom. The van der Waals surface area contributed by atoms with E-state index in [4.69, 9.17) is 0 Å². The molecule has 5 nitrogen and oxygen atoms in total. The lowest BCUT2D eigenvalue weighted by atomic mass is 10.3. The van der Waals surface area contributed by atoms with Gasteiger partial charge in [-0.3, -0.25) is 4.40 Å². The number of nitrogens with zero attached hydrogens (tertiary/aromatic N) is 4. The molecular weight excluding hydrogens is 308 g/mol. The number of hydrogen-bond donors (Lipinski definition) is 1. The van der Waals surface area contributed by atoms with Gasteiger partial charge in [0.05, 0.1) is 16.7 Å². The Morgan fingerprint density at radius 1 is 1.18 bits per heavy atom. The summed E-state index contributed by atoms with van der Waals surface area (Å²) in [5.74, 6) is -0.582. The SMILES string of the molecule is Fc1cc2nc(SCc3cn4cccnc4n3)[nH]c2cc1F.